The third-order valence-corrected chi connectivity index (χ3v) is 5.62. The van der Waals surface area contributed by atoms with Gasteiger partial charge in [0.25, 0.3) is 0 Å². The standard InChI is InChI=1S/C24H22O8/c1-27-16-10-12(8-9-14(16)26)19-17(11-25)31-24-22(29-3)20(28-2)18-13-6-4-5-7-15(13)30-21(18)23(24)32-19/h4-10,17,19,25-26H,11H2,1-3H3/t17-,19+/m0/s1. The van der Waals surface area contributed by atoms with Crippen LogP contribution in [-0.4, -0.2) is 44.3 Å². The SMILES string of the molecule is COc1cc([C@H]2Oc3c(c(OC)c(OC)c4c3oc3ccccc34)O[C@H]2CO)ccc1O. The number of aromatic hydroxyl groups is 1. The molecule has 2 heterocycles. The summed E-state index contributed by atoms with van der Waals surface area (Å²) in [7, 11) is 4.52. The summed E-state index contributed by atoms with van der Waals surface area (Å²) in [5.74, 6) is 1.72. The van der Waals surface area contributed by atoms with Gasteiger partial charge in [0.05, 0.1) is 33.3 Å². The van der Waals surface area contributed by atoms with Crippen LogP contribution in [0.1, 0.15) is 11.7 Å². The van der Waals surface area contributed by atoms with Gasteiger partial charge in [0.15, 0.2) is 35.0 Å². The Morgan fingerprint density at radius 1 is 0.906 bits per heavy atom. The largest absolute Gasteiger partial charge is 0.504 e. The molecule has 0 unspecified atom stereocenters. The Bertz CT molecular complexity index is 1310. The number of furan rings is 1. The molecule has 8 nitrogen and oxygen atoms in total. The highest BCUT2D eigenvalue weighted by molar-refractivity contribution is 6.12. The first-order valence-electron chi connectivity index (χ1n) is 10.0. The van der Waals surface area contributed by atoms with E-state index in [1.807, 2.05) is 24.3 Å². The molecule has 0 radical (unpaired) electrons. The molecule has 2 atom stereocenters. The minimum Gasteiger partial charge on any atom is -0.504 e. The Hall–Kier alpha value is -3.78. The summed E-state index contributed by atoms with van der Waals surface area (Å²) in [5.41, 5.74) is 1.77. The molecule has 0 aliphatic carbocycles. The van der Waals surface area contributed by atoms with E-state index in [0.29, 0.717) is 39.4 Å². The summed E-state index contributed by atoms with van der Waals surface area (Å²) in [6.45, 7) is -0.322. The van der Waals surface area contributed by atoms with Crippen LogP contribution in [0.15, 0.2) is 46.9 Å². The molecule has 1 aromatic heterocycles. The molecular formula is C24H22O8. The van der Waals surface area contributed by atoms with Crippen LogP contribution in [0.3, 0.4) is 0 Å². The Kier molecular flexibility index (Phi) is 4.86. The zero-order valence-corrected chi connectivity index (χ0v) is 17.7. The molecule has 0 bridgehead atoms. The van der Waals surface area contributed by atoms with Crippen molar-refractivity contribution < 1.29 is 38.3 Å². The van der Waals surface area contributed by atoms with Gasteiger partial charge in [-0.1, -0.05) is 24.3 Å². The van der Waals surface area contributed by atoms with Gasteiger partial charge in [0, 0.05) is 10.9 Å². The van der Waals surface area contributed by atoms with Crippen LogP contribution in [-0.2, 0) is 0 Å². The first-order valence-corrected chi connectivity index (χ1v) is 10.0. The monoisotopic (exact) mass is 438 g/mol. The van der Waals surface area contributed by atoms with E-state index in [2.05, 4.69) is 0 Å². The lowest BCUT2D eigenvalue weighted by Crippen LogP contribution is -2.36. The van der Waals surface area contributed by atoms with Gasteiger partial charge < -0.3 is 38.3 Å². The second-order valence-electron chi connectivity index (χ2n) is 7.34. The Labute approximate surface area is 183 Å². The van der Waals surface area contributed by atoms with Gasteiger partial charge in [-0.25, -0.2) is 0 Å². The molecular weight excluding hydrogens is 416 g/mol. The average molecular weight is 438 g/mol. The van der Waals surface area contributed by atoms with Crippen molar-refractivity contribution in [3.63, 3.8) is 0 Å². The number of benzene rings is 3. The molecule has 1 aliphatic heterocycles. The normalized spacial score (nSPS) is 17.5. The molecule has 0 amide bonds. The van der Waals surface area contributed by atoms with Crippen molar-refractivity contribution in [2.75, 3.05) is 27.9 Å². The molecule has 5 rings (SSSR count). The van der Waals surface area contributed by atoms with Crippen LogP contribution < -0.4 is 23.7 Å². The van der Waals surface area contributed by atoms with Gasteiger partial charge >= 0.3 is 0 Å². The van der Waals surface area contributed by atoms with Crippen LogP contribution in [0.4, 0.5) is 0 Å². The van der Waals surface area contributed by atoms with Gasteiger partial charge in [-0.15, -0.1) is 0 Å². The quantitative estimate of drug-likeness (QED) is 0.479. The zero-order valence-electron chi connectivity index (χ0n) is 17.7. The molecule has 2 N–H and O–H groups in total. The highest BCUT2D eigenvalue weighted by Gasteiger charge is 2.39. The summed E-state index contributed by atoms with van der Waals surface area (Å²) in [5, 5.41) is 21.6. The minimum atomic E-state index is -0.753. The minimum absolute atomic E-state index is 0.00000612. The molecule has 4 aromatic rings. The lowest BCUT2D eigenvalue weighted by atomic mass is 10.0. The van der Waals surface area contributed by atoms with Crippen molar-refractivity contribution in [3.05, 3.63) is 48.0 Å². The van der Waals surface area contributed by atoms with E-state index < -0.39 is 12.2 Å². The Morgan fingerprint density at radius 2 is 1.69 bits per heavy atom. The van der Waals surface area contributed by atoms with Crippen molar-refractivity contribution in [2.45, 2.75) is 12.2 Å². The number of phenols is 1. The molecule has 1 aliphatic rings. The lowest BCUT2D eigenvalue weighted by Gasteiger charge is -2.34. The Morgan fingerprint density at radius 3 is 2.41 bits per heavy atom. The van der Waals surface area contributed by atoms with Crippen LogP contribution in [0.5, 0.6) is 34.5 Å². The highest BCUT2D eigenvalue weighted by Crippen LogP contribution is 2.57. The fourth-order valence-electron chi connectivity index (χ4n) is 4.15. The maximum atomic E-state index is 10.1. The third-order valence-electron chi connectivity index (χ3n) is 5.62. The van der Waals surface area contributed by atoms with Gasteiger partial charge in [0.2, 0.25) is 17.2 Å². The molecule has 0 spiro atoms. The summed E-state index contributed by atoms with van der Waals surface area (Å²) in [6.07, 6.45) is -1.45. The summed E-state index contributed by atoms with van der Waals surface area (Å²) < 4.78 is 35.3. The third kappa shape index (κ3) is 2.87. The van der Waals surface area contributed by atoms with Crippen molar-refractivity contribution >= 4 is 21.9 Å². The van der Waals surface area contributed by atoms with Gasteiger partial charge in [-0.3, -0.25) is 0 Å². The van der Waals surface area contributed by atoms with E-state index in [0.717, 1.165) is 5.39 Å². The Balaban J connectivity index is 1.76. The van der Waals surface area contributed by atoms with Crippen LogP contribution in [0.2, 0.25) is 0 Å². The summed E-state index contributed by atoms with van der Waals surface area (Å²) >= 11 is 0. The van der Waals surface area contributed by atoms with E-state index in [1.54, 1.807) is 19.2 Å². The van der Waals surface area contributed by atoms with Crippen molar-refractivity contribution in [3.8, 4) is 34.5 Å². The van der Waals surface area contributed by atoms with Crippen LogP contribution in [0.25, 0.3) is 21.9 Å². The zero-order chi connectivity index (χ0) is 22.4. The lowest BCUT2D eigenvalue weighted by molar-refractivity contribution is -0.0138. The molecule has 8 heteroatoms. The second kappa shape index (κ2) is 7.72. The predicted octanol–water partition coefficient (Wildman–Crippen LogP) is 4.19. The molecule has 0 saturated heterocycles. The second-order valence-corrected chi connectivity index (χ2v) is 7.34. The maximum Gasteiger partial charge on any atom is 0.212 e. The van der Waals surface area contributed by atoms with Crippen molar-refractivity contribution in [2.24, 2.45) is 0 Å². The molecule has 3 aromatic carbocycles. The van der Waals surface area contributed by atoms with Crippen LogP contribution in [0, 0.1) is 0 Å². The fourth-order valence-corrected chi connectivity index (χ4v) is 4.15. The molecule has 166 valence electrons. The van der Waals surface area contributed by atoms with Crippen molar-refractivity contribution in [1.29, 1.82) is 0 Å². The summed E-state index contributed by atoms with van der Waals surface area (Å²) in [6, 6.07) is 12.4. The molecule has 0 saturated carbocycles. The maximum absolute atomic E-state index is 10.1. The van der Waals surface area contributed by atoms with Gasteiger partial charge in [-0.05, 0) is 18.2 Å². The van der Waals surface area contributed by atoms with E-state index in [1.165, 1.54) is 20.3 Å². The number of ether oxygens (including phenoxy) is 5. The smallest absolute Gasteiger partial charge is 0.212 e. The number of phenolic OH excluding ortho intramolecular Hbond substituents is 1. The number of hydrogen-bond acceptors (Lipinski definition) is 8. The van der Waals surface area contributed by atoms with Crippen molar-refractivity contribution in [1.82, 2.24) is 0 Å². The number of aliphatic hydroxyl groups excluding tert-OH is 1. The van der Waals surface area contributed by atoms with E-state index >= 15 is 0 Å². The fraction of sp³-hybridized carbons (Fsp3) is 0.250. The number of methoxy groups -OCH3 is 3. The van der Waals surface area contributed by atoms with E-state index in [9.17, 15) is 10.2 Å². The highest BCUT2D eigenvalue weighted by atomic mass is 16.6. The van der Waals surface area contributed by atoms with E-state index in [-0.39, 0.29) is 23.9 Å². The number of fused-ring (bicyclic) bond motifs is 5. The number of rotatable bonds is 5. The molecule has 0 fully saturated rings. The van der Waals surface area contributed by atoms with E-state index in [4.69, 9.17) is 28.1 Å². The summed E-state index contributed by atoms with van der Waals surface area (Å²) in [4.78, 5) is 0. The average Bonchev–Trinajstić information content (AvgIpc) is 3.22. The topological polar surface area (TPSA) is 99.8 Å². The number of hydrogen-bond donors (Lipinski definition) is 2. The predicted molar refractivity (Wildman–Crippen MR) is 116 cm³/mol. The van der Waals surface area contributed by atoms with Gasteiger partial charge in [0.1, 0.15) is 5.58 Å². The number of aliphatic hydroxyl groups is 1. The van der Waals surface area contributed by atoms with Crippen LogP contribution >= 0.6 is 0 Å². The van der Waals surface area contributed by atoms with Gasteiger partial charge in [-0.2, -0.15) is 0 Å². The molecule has 32 heavy (non-hydrogen) atoms. The first kappa shape index (κ1) is 20.1. The first-order chi connectivity index (χ1) is 15.6. The number of para-hydroxylation sites is 1.